The Bertz CT molecular complexity index is 875. The van der Waals surface area contributed by atoms with Crippen LogP contribution in [0.25, 0.3) is 0 Å². The third-order valence-corrected chi connectivity index (χ3v) is 6.28. The number of hydrogen-bond acceptors (Lipinski definition) is 2. The van der Waals surface area contributed by atoms with Crippen molar-refractivity contribution in [3.63, 3.8) is 0 Å². The van der Waals surface area contributed by atoms with Gasteiger partial charge >= 0.3 is 6.03 Å². The largest absolute Gasteiger partial charge is 0.322 e. The van der Waals surface area contributed by atoms with Crippen molar-refractivity contribution >= 4 is 23.3 Å². The number of hydrogen-bond donors (Lipinski definition) is 2. The number of nitrogens with zero attached hydrogens (tertiary/aromatic N) is 1. The molecule has 2 aliphatic rings. The molecule has 5 nitrogen and oxygen atoms in total. The van der Waals surface area contributed by atoms with Gasteiger partial charge in [-0.05, 0) is 68.4 Å². The lowest BCUT2D eigenvalue weighted by Gasteiger charge is -2.29. The van der Waals surface area contributed by atoms with Crippen molar-refractivity contribution in [1.82, 2.24) is 4.90 Å². The van der Waals surface area contributed by atoms with Gasteiger partial charge in [0, 0.05) is 29.5 Å². The Hall–Kier alpha value is -2.82. The zero-order valence-electron chi connectivity index (χ0n) is 17.0. The number of rotatable bonds is 4. The summed E-state index contributed by atoms with van der Waals surface area (Å²) in [5.74, 6) is 0.494. The number of carbonyl (C=O) groups is 2. The van der Waals surface area contributed by atoms with Crippen molar-refractivity contribution in [3.8, 4) is 0 Å². The van der Waals surface area contributed by atoms with E-state index in [1.54, 1.807) is 12.1 Å². The molecule has 3 amide bonds. The minimum Gasteiger partial charge on any atom is -0.322 e. The van der Waals surface area contributed by atoms with Crippen molar-refractivity contribution in [3.05, 3.63) is 59.7 Å². The van der Waals surface area contributed by atoms with Gasteiger partial charge in [0.15, 0.2) is 0 Å². The van der Waals surface area contributed by atoms with Gasteiger partial charge in [0.2, 0.25) is 0 Å². The molecule has 1 unspecified atom stereocenters. The van der Waals surface area contributed by atoms with E-state index in [9.17, 15) is 9.59 Å². The summed E-state index contributed by atoms with van der Waals surface area (Å²) in [4.78, 5) is 27.5. The Balaban J connectivity index is 1.45. The van der Waals surface area contributed by atoms with E-state index in [0.717, 1.165) is 30.6 Å². The fourth-order valence-electron chi connectivity index (χ4n) is 4.69. The maximum Gasteiger partial charge on any atom is 0.322 e. The molecule has 1 atom stereocenters. The highest BCUT2D eigenvalue weighted by Gasteiger charge is 2.36. The topological polar surface area (TPSA) is 61.4 Å². The Labute approximate surface area is 172 Å². The molecule has 1 saturated heterocycles. The molecule has 2 aromatic carbocycles. The van der Waals surface area contributed by atoms with Crippen LogP contribution in [0.4, 0.5) is 16.2 Å². The first-order valence-corrected chi connectivity index (χ1v) is 10.7. The minimum atomic E-state index is -0.160. The fourth-order valence-corrected chi connectivity index (χ4v) is 4.69. The second-order valence-corrected chi connectivity index (χ2v) is 8.23. The van der Waals surface area contributed by atoms with E-state index in [-0.39, 0.29) is 11.9 Å². The second kappa shape index (κ2) is 8.68. The highest BCUT2D eigenvalue weighted by atomic mass is 16.2. The van der Waals surface area contributed by atoms with Crippen LogP contribution in [0.5, 0.6) is 0 Å². The number of carbonyl (C=O) groups excluding carboxylic acids is 2. The van der Waals surface area contributed by atoms with Crippen LogP contribution in [0.15, 0.2) is 48.5 Å². The number of likely N-dealkylation sites (tertiary alicyclic amines) is 1. The third kappa shape index (κ3) is 4.44. The molecule has 1 aliphatic carbocycles. The lowest BCUT2D eigenvalue weighted by Crippen LogP contribution is -2.42. The molecule has 0 spiro atoms. The quantitative estimate of drug-likeness (QED) is 0.730. The average Bonchev–Trinajstić information content (AvgIpc) is 3.42. The number of anilines is 2. The van der Waals surface area contributed by atoms with Gasteiger partial charge in [0.25, 0.3) is 5.91 Å². The van der Waals surface area contributed by atoms with Crippen LogP contribution >= 0.6 is 0 Å². The molecular formula is C24H29N3O2. The van der Waals surface area contributed by atoms with Crippen molar-refractivity contribution in [1.29, 1.82) is 0 Å². The first-order chi connectivity index (χ1) is 14.1. The van der Waals surface area contributed by atoms with Crippen LogP contribution in [0, 0.1) is 12.8 Å². The highest BCUT2D eigenvalue weighted by molar-refractivity contribution is 6.04. The number of urea groups is 1. The standard InChI is InChI=1S/C24H29N3O2/c1-17-13-14-20(25-23(28)19-10-3-2-4-11-19)16-21(17)26-24(29)27-15-7-12-22(27)18-8-5-6-9-18/h2-4,10-11,13-14,16,18,22H,5-9,12,15H2,1H3,(H,25,28)(H,26,29). The van der Waals surface area contributed by atoms with Crippen molar-refractivity contribution in [2.75, 3.05) is 17.2 Å². The van der Waals surface area contributed by atoms with Crippen LogP contribution in [0.2, 0.25) is 0 Å². The van der Waals surface area contributed by atoms with Gasteiger partial charge < -0.3 is 15.5 Å². The number of nitrogens with one attached hydrogen (secondary N) is 2. The third-order valence-electron chi connectivity index (χ3n) is 6.28. The van der Waals surface area contributed by atoms with E-state index in [4.69, 9.17) is 0 Å². The van der Waals surface area contributed by atoms with E-state index < -0.39 is 0 Å². The van der Waals surface area contributed by atoms with Gasteiger partial charge in [0.05, 0.1) is 0 Å². The van der Waals surface area contributed by atoms with Crippen LogP contribution < -0.4 is 10.6 Å². The van der Waals surface area contributed by atoms with Crippen molar-refractivity contribution in [2.45, 2.75) is 51.5 Å². The zero-order chi connectivity index (χ0) is 20.2. The minimum absolute atomic E-state index is 0.0194. The summed E-state index contributed by atoms with van der Waals surface area (Å²) in [6, 6.07) is 15.1. The summed E-state index contributed by atoms with van der Waals surface area (Å²) in [6.07, 6.45) is 7.27. The molecule has 0 aromatic heterocycles. The predicted octanol–water partition coefficient (Wildman–Crippen LogP) is 5.43. The fraction of sp³-hybridized carbons (Fsp3) is 0.417. The Kier molecular flexibility index (Phi) is 5.84. The molecule has 0 bridgehead atoms. The van der Waals surface area contributed by atoms with Gasteiger partial charge in [0.1, 0.15) is 0 Å². The zero-order valence-corrected chi connectivity index (χ0v) is 17.0. The van der Waals surface area contributed by atoms with Gasteiger partial charge in [-0.1, -0.05) is 37.1 Å². The summed E-state index contributed by atoms with van der Waals surface area (Å²) >= 11 is 0. The molecule has 2 aromatic rings. The first-order valence-electron chi connectivity index (χ1n) is 10.7. The normalized spacial score (nSPS) is 19.3. The maximum atomic E-state index is 13.0. The predicted molar refractivity (Wildman–Crippen MR) is 116 cm³/mol. The highest BCUT2D eigenvalue weighted by Crippen LogP contribution is 2.35. The van der Waals surface area contributed by atoms with Crippen molar-refractivity contribution < 1.29 is 9.59 Å². The lowest BCUT2D eigenvalue weighted by atomic mass is 9.96. The van der Waals surface area contributed by atoms with Gasteiger partial charge in [-0.25, -0.2) is 4.79 Å². The molecule has 2 fully saturated rings. The summed E-state index contributed by atoms with van der Waals surface area (Å²) in [5, 5.41) is 6.01. The summed E-state index contributed by atoms with van der Waals surface area (Å²) in [5.41, 5.74) is 3.01. The summed E-state index contributed by atoms with van der Waals surface area (Å²) < 4.78 is 0. The first kappa shape index (κ1) is 19.5. The molecule has 4 rings (SSSR count). The molecule has 0 radical (unpaired) electrons. The smallest absolute Gasteiger partial charge is 0.322 e. The van der Waals surface area contributed by atoms with E-state index >= 15 is 0 Å². The van der Waals surface area contributed by atoms with Gasteiger partial charge in [-0.15, -0.1) is 0 Å². The van der Waals surface area contributed by atoms with Crippen LogP contribution in [-0.4, -0.2) is 29.4 Å². The number of benzene rings is 2. The van der Waals surface area contributed by atoms with E-state index in [0.29, 0.717) is 23.2 Å². The van der Waals surface area contributed by atoms with Crippen molar-refractivity contribution in [2.24, 2.45) is 5.92 Å². The maximum absolute atomic E-state index is 13.0. The molecule has 2 N–H and O–H groups in total. The summed E-state index contributed by atoms with van der Waals surface area (Å²) in [6.45, 7) is 2.80. The Morgan fingerprint density at radius 2 is 1.69 bits per heavy atom. The van der Waals surface area contributed by atoms with E-state index in [2.05, 4.69) is 10.6 Å². The average molecular weight is 392 g/mol. The molecule has 1 aliphatic heterocycles. The summed E-state index contributed by atoms with van der Waals surface area (Å²) in [7, 11) is 0. The molecule has 5 heteroatoms. The monoisotopic (exact) mass is 391 g/mol. The van der Waals surface area contributed by atoms with Crippen LogP contribution in [-0.2, 0) is 0 Å². The Morgan fingerprint density at radius 3 is 2.45 bits per heavy atom. The van der Waals surface area contributed by atoms with Gasteiger partial charge in [-0.3, -0.25) is 4.79 Å². The van der Waals surface area contributed by atoms with E-state index in [1.165, 1.54) is 25.7 Å². The number of amides is 3. The molecular weight excluding hydrogens is 362 g/mol. The molecule has 29 heavy (non-hydrogen) atoms. The van der Waals surface area contributed by atoms with Gasteiger partial charge in [-0.2, -0.15) is 0 Å². The van der Waals surface area contributed by atoms with Crippen LogP contribution in [0.3, 0.4) is 0 Å². The molecule has 152 valence electrons. The number of aryl methyl sites for hydroxylation is 1. The lowest BCUT2D eigenvalue weighted by molar-refractivity contribution is 0.102. The Morgan fingerprint density at radius 1 is 0.931 bits per heavy atom. The molecule has 1 heterocycles. The molecule has 1 saturated carbocycles. The SMILES string of the molecule is Cc1ccc(NC(=O)c2ccccc2)cc1NC(=O)N1CCCC1C1CCCC1. The van der Waals surface area contributed by atoms with Crippen LogP contribution in [0.1, 0.15) is 54.4 Å². The van der Waals surface area contributed by atoms with E-state index in [1.807, 2.05) is 48.2 Å². The second-order valence-electron chi connectivity index (χ2n) is 8.23.